The van der Waals surface area contributed by atoms with Gasteiger partial charge in [-0.3, -0.25) is 0 Å². The van der Waals surface area contributed by atoms with E-state index in [0.29, 0.717) is 0 Å². The zero-order valence-electron chi connectivity index (χ0n) is 7.65. The lowest BCUT2D eigenvalue weighted by atomic mass is 10.0. The molecule has 2 nitrogen and oxygen atoms in total. The van der Waals surface area contributed by atoms with Crippen LogP contribution in [0.3, 0.4) is 0 Å². The standard InChI is InChI=1S/C11H15NO/c12-11(7-4-5-13-6-7)10-8-2-1-3-9(8)10/h4-6,8-11H,1-3,12H2. The lowest BCUT2D eigenvalue weighted by Crippen LogP contribution is -2.14. The minimum Gasteiger partial charge on any atom is -0.472 e. The van der Waals surface area contributed by atoms with Crippen LogP contribution in [0.4, 0.5) is 0 Å². The summed E-state index contributed by atoms with van der Waals surface area (Å²) in [6.07, 6.45) is 7.73. The van der Waals surface area contributed by atoms with Gasteiger partial charge in [-0.15, -0.1) is 0 Å². The van der Waals surface area contributed by atoms with Gasteiger partial charge >= 0.3 is 0 Å². The third kappa shape index (κ3) is 1.05. The Hall–Kier alpha value is -0.760. The molecule has 2 fully saturated rings. The van der Waals surface area contributed by atoms with Crippen LogP contribution in [0, 0.1) is 17.8 Å². The number of rotatable bonds is 2. The van der Waals surface area contributed by atoms with Gasteiger partial charge in [-0.25, -0.2) is 0 Å². The number of hydrogen-bond donors (Lipinski definition) is 1. The van der Waals surface area contributed by atoms with Gasteiger partial charge in [-0.1, -0.05) is 6.42 Å². The van der Waals surface area contributed by atoms with Crippen molar-refractivity contribution in [3.05, 3.63) is 24.2 Å². The fraction of sp³-hybridized carbons (Fsp3) is 0.636. The first kappa shape index (κ1) is 7.63. The van der Waals surface area contributed by atoms with Crippen LogP contribution in [0.15, 0.2) is 23.0 Å². The molecule has 0 radical (unpaired) electrons. The zero-order valence-corrected chi connectivity index (χ0v) is 7.65. The fourth-order valence-electron chi connectivity index (χ4n) is 3.10. The molecule has 0 aromatic carbocycles. The Labute approximate surface area is 78.1 Å². The molecule has 0 spiro atoms. The predicted octanol–water partition coefficient (Wildman–Crippen LogP) is 2.33. The minimum atomic E-state index is 0.231. The number of furan rings is 1. The molecule has 2 heteroatoms. The van der Waals surface area contributed by atoms with E-state index in [4.69, 9.17) is 10.2 Å². The van der Waals surface area contributed by atoms with Gasteiger partial charge in [0.25, 0.3) is 0 Å². The molecule has 2 aliphatic rings. The largest absolute Gasteiger partial charge is 0.472 e. The molecule has 3 rings (SSSR count). The van der Waals surface area contributed by atoms with Crippen molar-refractivity contribution < 1.29 is 4.42 Å². The Kier molecular flexibility index (Phi) is 1.53. The number of hydrogen-bond acceptors (Lipinski definition) is 2. The summed E-state index contributed by atoms with van der Waals surface area (Å²) >= 11 is 0. The summed E-state index contributed by atoms with van der Waals surface area (Å²) < 4.78 is 5.06. The summed E-state index contributed by atoms with van der Waals surface area (Å²) in [5.41, 5.74) is 7.36. The quantitative estimate of drug-likeness (QED) is 0.753. The summed E-state index contributed by atoms with van der Waals surface area (Å²) in [5.74, 6) is 2.63. The summed E-state index contributed by atoms with van der Waals surface area (Å²) in [6.45, 7) is 0. The van der Waals surface area contributed by atoms with Gasteiger partial charge in [0.15, 0.2) is 0 Å². The Morgan fingerprint density at radius 1 is 1.38 bits per heavy atom. The molecule has 70 valence electrons. The van der Waals surface area contributed by atoms with E-state index in [2.05, 4.69) is 0 Å². The molecular formula is C11H15NO. The Bertz CT molecular complexity index is 283. The highest BCUT2D eigenvalue weighted by Gasteiger charge is 2.55. The summed E-state index contributed by atoms with van der Waals surface area (Å²) in [4.78, 5) is 0. The Morgan fingerprint density at radius 2 is 2.15 bits per heavy atom. The van der Waals surface area contributed by atoms with Crippen molar-refractivity contribution in [3.8, 4) is 0 Å². The van der Waals surface area contributed by atoms with Crippen LogP contribution >= 0.6 is 0 Å². The van der Waals surface area contributed by atoms with Crippen LogP contribution in [0.5, 0.6) is 0 Å². The van der Waals surface area contributed by atoms with Gasteiger partial charge in [0.1, 0.15) is 0 Å². The van der Waals surface area contributed by atoms with Gasteiger partial charge in [0, 0.05) is 11.6 Å². The fourth-order valence-corrected chi connectivity index (χ4v) is 3.10. The molecule has 0 bridgehead atoms. The average Bonchev–Trinajstić information content (AvgIpc) is 2.68. The molecule has 2 N–H and O–H groups in total. The average molecular weight is 177 g/mol. The molecule has 3 atom stereocenters. The maximum atomic E-state index is 6.18. The molecule has 1 heterocycles. The summed E-state index contributed by atoms with van der Waals surface area (Å²) in [7, 11) is 0. The smallest absolute Gasteiger partial charge is 0.0950 e. The lowest BCUT2D eigenvalue weighted by Gasteiger charge is -2.10. The topological polar surface area (TPSA) is 39.2 Å². The molecule has 13 heavy (non-hydrogen) atoms. The van der Waals surface area contributed by atoms with Crippen molar-refractivity contribution in [2.24, 2.45) is 23.5 Å². The van der Waals surface area contributed by atoms with Crippen molar-refractivity contribution in [1.82, 2.24) is 0 Å². The van der Waals surface area contributed by atoms with Crippen molar-refractivity contribution >= 4 is 0 Å². The first-order valence-corrected chi connectivity index (χ1v) is 5.15. The van der Waals surface area contributed by atoms with Crippen molar-refractivity contribution in [1.29, 1.82) is 0 Å². The molecule has 0 saturated heterocycles. The van der Waals surface area contributed by atoms with Crippen molar-refractivity contribution in [2.45, 2.75) is 25.3 Å². The SMILES string of the molecule is NC(c1ccoc1)C1C2CCCC21. The van der Waals surface area contributed by atoms with Gasteiger partial charge in [-0.05, 0) is 36.7 Å². The van der Waals surface area contributed by atoms with Gasteiger partial charge in [-0.2, -0.15) is 0 Å². The van der Waals surface area contributed by atoms with Crippen LogP contribution in [-0.4, -0.2) is 0 Å². The molecule has 2 aliphatic carbocycles. The second-order valence-electron chi connectivity index (χ2n) is 4.42. The lowest BCUT2D eigenvalue weighted by molar-refractivity contribution is 0.492. The third-order valence-electron chi connectivity index (χ3n) is 3.82. The van der Waals surface area contributed by atoms with Gasteiger partial charge in [0.05, 0.1) is 12.5 Å². The molecule has 2 saturated carbocycles. The van der Waals surface area contributed by atoms with Crippen molar-refractivity contribution in [3.63, 3.8) is 0 Å². The molecule has 0 amide bonds. The maximum absolute atomic E-state index is 6.18. The molecule has 3 unspecified atom stereocenters. The van der Waals surface area contributed by atoms with E-state index in [1.54, 1.807) is 12.5 Å². The monoisotopic (exact) mass is 177 g/mol. The van der Waals surface area contributed by atoms with Crippen molar-refractivity contribution in [2.75, 3.05) is 0 Å². The first-order chi connectivity index (χ1) is 6.38. The second kappa shape index (κ2) is 2.61. The zero-order chi connectivity index (χ0) is 8.84. The van der Waals surface area contributed by atoms with Crippen LogP contribution in [0.1, 0.15) is 30.9 Å². The summed E-state index contributed by atoms with van der Waals surface area (Å²) in [6, 6.07) is 2.23. The third-order valence-corrected chi connectivity index (χ3v) is 3.82. The van der Waals surface area contributed by atoms with E-state index in [0.717, 1.165) is 17.8 Å². The molecular weight excluding hydrogens is 162 g/mol. The first-order valence-electron chi connectivity index (χ1n) is 5.15. The van der Waals surface area contributed by atoms with Crippen LogP contribution in [-0.2, 0) is 0 Å². The highest BCUT2D eigenvalue weighted by molar-refractivity contribution is 5.18. The van der Waals surface area contributed by atoms with E-state index < -0.39 is 0 Å². The highest BCUT2D eigenvalue weighted by Crippen LogP contribution is 2.61. The van der Waals surface area contributed by atoms with E-state index >= 15 is 0 Å². The van der Waals surface area contributed by atoms with E-state index in [1.807, 2.05) is 6.07 Å². The van der Waals surface area contributed by atoms with E-state index in [-0.39, 0.29) is 6.04 Å². The van der Waals surface area contributed by atoms with Crippen LogP contribution in [0.25, 0.3) is 0 Å². The Balaban J connectivity index is 1.74. The highest BCUT2D eigenvalue weighted by atomic mass is 16.3. The second-order valence-corrected chi connectivity index (χ2v) is 4.42. The summed E-state index contributed by atoms with van der Waals surface area (Å²) in [5, 5.41) is 0. The number of fused-ring (bicyclic) bond motifs is 1. The maximum Gasteiger partial charge on any atom is 0.0950 e. The predicted molar refractivity (Wildman–Crippen MR) is 50.0 cm³/mol. The normalized spacial score (nSPS) is 38.7. The minimum absolute atomic E-state index is 0.231. The molecule has 1 aromatic rings. The van der Waals surface area contributed by atoms with Gasteiger partial charge in [0.2, 0.25) is 0 Å². The Morgan fingerprint density at radius 3 is 2.77 bits per heavy atom. The van der Waals surface area contributed by atoms with E-state index in [1.165, 1.54) is 24.8 Å². The number of nitrogens with two attached hydrogens (primary N) is 1. The van der Waals surface area contributed by atoms with E-state index in [9.17, 15) is 0 Å². The van der Waals surface area contributed by atoms with Crippen LogP contribution < -0.4 is 5.73 Å². The van der Waals surface area contributed by atoms with Crippen LogP contribution in [0.2, 0.25) is 0 Å². The van der Waals surface area contributed by atoms with Gasteiger partial charge < -0.3 is 10.2 Å². The molecule has 1 aromatic heterocycles. The molecule has 0 aliphatic heterocycles.